The van der Waals surface area contributed by atoms with Crippen LogP contribution in [-0.4, -0.2) is 19.1 Å². The first kappa shape index (κ1) is 12.2. The number of alkyl halides is 1. The molecular weight excluding hydrogens is 172 g/mol. The maximum Gasteiger partial charge on any atom is 0.0462 e. The highest BCUT2D eigenvalue weighted by Crippen LogP contribution is 2.16. The summed E-state index contributed by atoms with van der Waals surface area (Å²) in [5.41, 5.74) is 0. The first-order valence-electron chi connectivity index (χ1n) is 4.79. The Hall–Kier alpha value is 0.250. The number of rotatable bonds is 7. The van der Waals surface area contributed by atoms with E-state index in [2.05, 4.69) is 13.8 Å². The fourth-order valence-electron chi connectivity index (χ4n) is 1.41. The van der Waals surface area contributed by atoms with Crippen LogP contribution < -0.4 is 0 Å². The third-order valence-electron chi connectivity index (χ3n) is 2.02. The Kier molecular flexibility index (Phi) is 8.04. The summed E-state index contributed by atoms with van der Waals surface area (Å²) in [5.74, 6) is 0.759. The summed E-state index contributed by atoms with van der Waals surface area (Å²) in [6, 6.07) is 0. The Labute approximate surface area is 81.4 Å². The molecule has 0 saturated carbocycles. The Morgan fingerprint density at radius 3 is 2.42 bits per heavy atom. The highest BCUT2D eigenvalue weighted by atomic mass is 35.5. The second kappa shape index (κ2) is 7.88. The minimum atomic E-state index is 0.322. The van der Waals surface area contributed by atoms with Crippen molar-refractivity contribution in [1.29, 1.82) is 0 Å². The van der Waals surface area contributed by atoms with Crippen molar-refractivity contribution in [2.24, 2.45) is 5.92 Å². The maximum absolute atomic E-state index is 5.89. The summed E-state index contributed by atoms with van der Waals surface area (Å²) >= 11 is 5.89. The fraction of sp³-hybridized carbons (Fsp3) is 1.00. The molecule has 2 atom stereocenters. The minimum Gasteiger partial charge on any atom is -0.385 e. The van der Waals surface area contributed by atoms with Crippen molar-refractivity contribution in [1.82, 2.24) is 0 Å². The normalized spacial score (nSPS) is 16.0. The summed E-state index contributed by atoms with van der Waals surface area (Å²) in [5, 5.41) is 0.322. The highest BCUT2D eigenvalue weighted by molar-refractivity contribution is 6.20. The Morgan fingerprint density at radius 2 is 1.92 bits per heavy atom. The van der Waals surface area contributed by atoms with Gasteiger partial charge in [-0.15, -0.1) is 11.6 Å². The van der Waals surface area contributed by atoms with Gasteiger partial charge in [-0.1, -0.05) is 19.8 Å². The topological polar surface area (TPSA) is 9.23 Å². The van der Waals surface area contributed by atoms with E-state index in [1.807, 2.05) is 0 Å². The largest absolute Gasteiger partial charge is 0.385 e. The highest BCUT2D eigenvalue weighted by Gasteiger charge is 2.05. The molecule has 0 amide bonds. The van der Waals surface area contributed by atoms with Gasteiger partial charge in [0.15, 0.2) is 0 Å². The van der Waals surface area contributed by atoms with Crippen molar-refractivity contribution >= 4 is 11.6 Å². The SMILES string of the molecule is COCCCCC(C)CC(C)Cl. The molecule has 0 aromatic heterocycles. The molecule has 0 aliphatic rings. The fourth-order valence-corrected chi connectivity index (χ4v) is 1.72. The predicted molar refractivity (Wildman–Crippen MR) is 54.8 cm³/mol. The average Bonchev–Trinajstić information content (AvgIpc) is 1.97. The summed E-state index contributed by atoms with van der Waals surface area (Å²) in [6.45, 7) is 5.22. The number of unbranched alkanes of at least 4 members (excludes halogenated alkanes) is 1. The molecule has 12 heavy (non-hydrogen) atoms. The second-order valence-corrected chi connectivity index (χ2v) is 4.36. The number of methoxy groups -OCH3 is 1. The van der Waals surface area contributed by atoms with Crippen LogP contribution in [0.5, 0.6) is 0 Å². The van der Waals surface area contributed by atoms with Crippen LogP contribution in [0.3, 0.4) is 0 Å². The molecule has 0 heterocycles. The third kappa shape index (κ3) is 8.35. The molecule has 0 aromatic carbocycles. The van der Waals surface area contributed by atoms with Crippen LogP contribution in [0.25, 0.3) is 0 Å². The van der Waals surface area contributed by atoms with Gasteiger partial charge in [0.1, 0.15) is 0 Å². The van der Waals surface area contributed by atoms with Crippen LogP contribution in [0, 0.1) is 5.92 Å². The third-order valence-corrected chi connectivity index (χ3v) is 2.20. The van der Waals surface area contributed by atoms with Crippen LogP contribution in [0.4, 0.5) is 0 Å². The molecule has 2 heteroatoms. The Morgan fingerprint density at radius 1 is 1.25 bits per heavy atom. The lowest BCUT2D eigenvalue weighted by molar-refractivity contribution is 0.190. The lowest BCUT2D eigenvalue weighted by Gasteiger charge is -2.11. The van der Waals surface area contributed by atoms with E-state index in [0.29, 0.717) is 5.38 Å². The number of hydrogen-bond donors (Lipinski definition) is 0. The van der Waals surface area contributed by atoms with Crippen molar-refractivity contribution in [2.75, 3.05) is 13.7 Å². The molecule has 0 radical (unpaired) electrons. The van der Waals surface area contributed by atoms with Crippen molar-refractivity contribution in [2.45, 2.75) is 44.9 Å². The maximum atomic E-state index is 5.89. The summed E-state index contributed by atoms with van der Waals surface area (Å²) in [6.07, 6.45) is 4.85. The van der Waals surface area contributed by atoms with E-state index >= 15 is 0 Å². The first-order chi connectivity index (χ1) is 5.66. The molecule has 0 bridgehead atoms. The van der Waals surface area contributed by atoms with E-state index in [-0.39, 0.29) is 0 Å². The van der Waals surface area contributed by atoms with Gasteiger partial charge in [0.25, 0.3) is 0 Å². The van der Waals surface area contributed by atoms with Crippen LogP contribution in [0.1, 0.15) is 39.5 Å². The van der Waals surface area contributed by atoms with Gasteiger partial charge in [-0.05, 0) is 25.7 Å². The van der Waals surface area contributed by atoms with Crippen molar-refractivity contribution < 1.29 is 4.74 Å². The van der Waals surface area contributed by atoms with Crippen LogP contribution in [-0.2, 0) is 4.74 Å². The lowest BCUT2D eigenvalue weighted by Crippen LogP contribution is -2.02. The molecule has 0 spiro atoms. The first-order valence-corrected chi connectivity index (χ1v) is 5.23. The van der Waals surface area contributed by atoms with Gasteiger partial charge in [-0.2, -0.15) is 0 Å². The molecule has 0 aliphatic heterocycles. The van der Waals surface area contributed by atoms with Crippen LogP contribution >= 0.6 is 11.6 Å². The zero-order chi connectivity index (χ0) is 9.40. The van der Waals surface area contributed by atoms with Gasteiger partial charge in [-0.3, -0.25) is 0 Å². The molecule has 0 N–H and O–H groups in total. The summed E-state index contributed by atoms with van der Waals surface area (Å²) in [7, 11) is 1.75. The Bertz CT molecular complexity index is 93.8. The number of halogens is 1. The zero-order valence-corrected chi connectivity index (χ0v) is 9.23. The van der Waals surface area contributed by atoms with E-state index in [0.717, 1.165) is 18.9 Å². The van der Waals surface area contributed by atoms with Crippen molar-refractivity contribution in [3.8, 4) is 0 Å². The minimum absolute atomic E-state index is 0.322. The molecule has 2 unspecified atom stereocenters. The van der Waals surface area contributed by atoms with Gasteiger partial charge in [-0.25, -0.2) is 0 Å². The quantitative estimate of drug-likeness (QED) is 0.444. The Balaban J connectivity index is 3.14. The molecule has 0 saturated heterocycles. The van der Waals surface area contributed by atoms with Crippen molar-refractivity contribution in [3.63, 3.8) is 0 Å². The number of ether oxygens (including phenoxy) is 1. The summed E-state index contributed by atoms with van der Waals surface area (Å²) in [4.78, 5) is 0. The van der Waals surface area contributed by atoms with Gasteiger partial charge in [0.05, 0.1) is 0 Å². The van der Waals surface area contributed by atoms with Crippen LogP contribution in [0.2, 0.25) is 0 Å². The second-order valence-electron chi connectivity index (χ2n) is 3.61. The molecule has 0 fully saturated rings. The van der Waals surface area contributed by atoms with E-state index in [1.54, 1.807) is 7.11 Å². The molecule has 0 aliphatic carbocycles. The van der Waals surface area contributed by atoms with Gasteiger partial charge < -0.3 is 4.74 Å². The number of hydrogen-bond acceptors (Lipinski definition) is 1. The molecular formula is C10H21ClO. The monoisotopic (exact) mass is 192 g/mol. The van der Waals surface area contributed by atoms with Crippen LogP contribution in [0.15, 0.2) is 0 Å². The van der Waals surface area contributed by atoms with E-state index < -0.39 is 0 Å². The van der Waals surface area contributed by atoms with E-state index in [9.17, 15) is 0 Å². The zero-order valence-electron chi connectivity index (χ0n) is 8.48. The molecule has 74 valence electrons. The standard InChI is InChI=1S/C10H21ClO/c1-9(8-10(2)11)6-4-5-7-12-3/h9-10H,4-8H2,1-3H3. The van der Waals surface area contributed by atoms with Gasteiger partial charge >= 0.3 is 0 Å². The van der Waals surface area contributed by atoms with Crippen molar-refractivity contribution in [3.05, 3.63) is 0 Å². The summed E-state index contributed by atoms with van der Waals surface area (Å²) < 4.78 is 4.98. The predicted octanol–water partition coefficient (Wildman–Crippen LogP) is 3.46. The molecule has 0 aromatic rings. The molecule has 0 rings (SSSR count). The molecule has 1 nitrogen and oxygen atoms in total. The van der Waals surface area contributed by atoms with Gasteiger partial charge in [0, 0.05) is 19.1 Å². The van der Waals surface area contributed by atoms with Gasteiger partial charge in [0.2, 0.25) is 0 Å². The smallest absolute Gasteiger partial charge is 0.0462 e. The van der Waals surface area contributed by atoms with E-state index in [4.69, 9.17) is 16.3 Å². The van der Waals surface area contributed by atoms with E-state index in [1.165, 1.54) is 19.3 Å². The lowest BCUT2D eigenvalue weighted by atomic mass is 9.99. The average molecular weight is 193 g/mol.